The van der Waals surface area contributed by atoms with Gasteiger partial charge in [-0.3, -0.25) is 16.7 Å². The van der Waals surface area contributed by atoms with E-state index in [1.807, 2.05) is 0 Å². The van der Waals surface area contributed by atoms with Crippen LogP contribution in [0.15, 0.2) is 117 Å². The van der Waals surface area contributed by atoms with Crippen molar-refractivity contribution in [3.63, 3.8) is 0 Å². The summed E-state index contributed by atoms with van der Waals surface area (Å²) < 4.78 is 141. The molecule has 0 unspecified atom stereocenters. The number of hydrogen-bond acceptors (Lipinski definition) is 14. The molecule has 286 valence electrons. The van der Waals surface area contributed by atoms with Crippen molar-refractivity contribution in [2.24, 2.45) is 0 Å². The summed E-state index contributed by atoms with van der Waals surface area (Å²) in [6.07, 6.45) is -7.47. The van der Waals surface area contributed by atoms with Crippen molar-refractivity contribution in [3.8, 4) is 0 Å². The van der Waals surface area contributed by atoms with Gasteiger partial charge in [0.1, 0.15) is 31.2 Å². The summed E-state index contributed by atoms with van der Waals surface area (Å²) in [6, 6.07) is 22.4. The molecule has 0 N–H and O–H groups in total. The lowest BCUT2D eigenvalue weighted by Gasteiger charge is -2.32. The molecule has 0 spiro atoms. The van der Waals surface area contributed by atoms with E-state index in [1.165, 1.54) is 72.8 Å². The first-order valence-electron chi connectivity index (χ1n) is 16.0. The van der Waals surface area contributed by atoms with Crippen molar-refractivity contribution in [3.05, 3.63) is 119 Å². The SMILES string of the molecule is Cc1ccc(S(=O)(=O)OC[C@@H]2OCO[C@H](COS(=O)(=O)c3ccc(C)cc3)[C@@H](OS(=O)(=O)c3ccc(C)cc3)[C@@H]2OS(=O)(=O)c2ccc(C)cc2)cc1. The van der Waals surface area contributed by atoms with Gasteiger partial charge in [-0.1, -0.05) is 70.8 Å². The first kappa shape index (κ1) is 40.6. The first-order chi connectivity index (χ1) is 24.9. The monoisotopic (exact) mass is 810 g/mol. The van der Waals surface area contributed by atoms with Crippen molar-refractivity contribution < 1.29 is 59.9 Å². The van der Waals surface area contributed by atoms with Gasteiger partial charge in [-0.25, -0.2) is 0 Å². The van der Waals surface area contributed by atoms with Crippen molar-refractivity contribution in [2.75, 3.05) is 20.0 Å². The largest absolute Gasteiger partial charge is 0.347 e. The normalized spacial score (nSPS) is 20.2. The molecule has 5 rings (SSSR count). The molecule has 4 atom stereocenters. The topological polar surface area (TPSA) is 192 Å². The maximum absolute atomic E-state index is 13.8. The Morgan fingerprint density at radius 3 is 0.943 bits per heavy atom. The fourth-order valence-electron chi connectivity index (χ4n) is 5.02. The van der Waals surface area contributed by atoms with Gasteiger partial charge in [0.05, 0.1) is 32.8 Å². The third-order valence-electron chi connectivity index (χ3n) is 8.11. The van der Waals surface area contributed by atoms with Crippen LogP contribution in [-0.2, 0) is 66.7 Å². The minimum atomic E-state index is -4.78. The number of hydrogen-bond donors (Lipinski definition) is 0. The van der Waals surface area contributed by atoms with E-state index in [-0.39, 0.29) is 19.6 Å². The zero-order chi connectivity index (χ0) is 38.6. The summed E-state index contributed by atoms with van der Waals surface area (Å²) in [5, 5.41) is 0. The highest BCUT2D eigenvalue weighted by molar-refractivity contribution is 7.87. The van der Waals surface area contributed by atoms with E-state index in [9.17, 15) is 33.7 Å². The molecule has 0 aromatic heterocycles. The Balaban J connectivity index is 1.57. The lowest BCUT2D eigenvalue weighted by Crippen LogP contribution is -2.51. The lowest BCUT2D eigenvalue weighted by atomic mass is 10.0. The Kier molecular flexibility index (Phi) is 12.6. The summed E-state index contributed by atoms with van der Waals surface area (Å²) in [5.41, 5.74) is 2.99. The van der Waals surface area contributed by atoms with Gasteiger partial charge in [-0.15, -0.1) is 0 Å². The first-order valence-corrected chi connectivity index (χ1v) is 21.6. The van der Waals surface area contributed by atoms with Crippen LogP contribution in [0.25, 0.3) is 0 Å². The molecule has 1 fully saturated rings. The van der Waals surface area contributed by atoms with Crippen LogP contribution in [0.3, 0.4) is 0 Å². The third kappa shape index (κ3) is 10.4. The molecule has 4 aromatic carbocycles. The lowest BCUT2D eigenvalue weighted by molar-refractivity contribution is -0.117. The van der Waals surface area contributed by atoms with E-state index in [0.29, 0.717) is 0 Å². The van der Waals surface area contributed by atoms with Crippen molar-refractivity contribution in [2.45, 2.75) is 71.7 Å². The smallest absolute Gasteiger partial charge is 0.297 e. The fraction of sp³-hybridized carbons (Fsp3) is 0.314. The Morgan fingerprint density at radius 1 is 0.434 bits per heavy atom. The van der Waals surface area contributed by atoms with Gasteiger partial charge in [-0.05, 0) is 76.2 Å². The predicted molar refractivity (Wildman–Crippen MR) is 190 cm³/mol. The molecule has 1 aliphatic rings. The number of benzene rings is 4. The minimum Gasteiger partial charge on any atom is -0.347 e. The molecule has 18 heteroatoms. The van der Waals surface area contributed by atoms with E-state index in [2.05, 4.69) is 0 Å². The van der Waals surface area contributed by atoms with E-state index in [4.69, 9.17) is 26.2 Å². The average molecular weight is 811 g/mol. The molecule has 0 bridgehead atoms. The van der Waals surface area contributed by atoms with Crippen LogP contribution in [-0.4, -0.2) is 78.1 Å². The number of ether oxygens (including phenoxy) is 2. The molecule has 0 amide bonds. The molecule has 0 aliphatic carbocycles. The molecule has 1 heterocycles. The zero-order valence-corrected chi connectivity index (χ0v) is 32.3. The molecule has 0 radical (unpaired) electrons. The van der Waals surface area contributed by atoms with Crippen molar-refractivity contribution in [1.82, 2.24) is 0 Å². The van der Waals surface area contributed by atoms with Crippen LogP contribution in [0.1, 0.15) is 22.3 Å². The van der Waals surface area contributed by atoms with E-state index in [0.717, 1.165) is 22.3 Å². The summed E-state index contributed by atoms with van der Waals surface area (Å²) in [4.78, 5) is -1.12. The number of aryl methyl sites for hydroxylation is 4. The van der Waals surface area contributed by atoms with Gasteiger partial charge >= 0.3 is 0 Å². The van der Waals surface area contributed by atoms with Gasteiger partial charge < -0.3 is 9.47 Å². The highest BCUT2D eigenvalue weighted by atomic mass is 32.2. The summed E-state index contributed by atoms with van der Waals surface area (Å²) in [6.45, 7) is 4.40. The van der Waals surface area contributed by atoms with Crippen LogP contribution >= 0.6 is 0 Å². The molecule has 14 nitrogen and oxygen atoms in total. The minimum absolute atomic E-state index is 0.222. The third-order valence-corrected chi connectivity index (χ3v) is 13.4. The summed E-state index contributed by atoms with van der Waals surface area (Å²) >= 11 is 0. The zero-order valence-electron chi connectivity index (χ0n) is 29.0. The molecule has 0 saturated carbocycles. The second-order valence-electron chi connectivity index (χ2n) is 12.3. The standard InChI is InChI=1S/C35H38O14S4/c1-24-5-13-28(14-6-24)50(36,37)46-21-32-34(48-52(40,41)30-17-9-26(3)10-18-30)35(49-53(42,43)31-19-11-27(4)12-20-31)33(45-23-44-32)22-47-51(38,39)29-15-7-25(2)8-16-29/h5-20,32-35H,21-23H2,1-4H3/t32-,33+,34-,35-/m1/s1. The van der Waals surface area contributed by atoms with E-state index < -0.39 is 84.9 Å². The molecule has 1 saturated heterocycles. The van der Waals surface area contributed by atoms with E-state index >= 15 is 0 Å². The Hall–Kier alpha value is -3.56. The van der Waals surface area contributed by atoms with Gasteiger partial charge in [0.25, 0.3) is 40.5 Å². The maximum atomic E-state index is 13.8. The number of rotatable bonds is 14. The molecule has 4 aromatic rings. The van der Waals surface area contributed by atoms with Crippen LogP contribution < -0.4 is 0 Å². The van der Waals surface area contributed by atoms with E-state index in [1.54, 1.807) is 52.0 Å². The molecule has 1 aliphatic heterocycles. The second-order valence-corrected chi connectivity index (χ2v) is 18.7. The molecule has 53 heavy (non-hydrogen) atoms. The highest BCUT2D eigenvalue weighted by Gasteiger charge is 2.47. The van der Waals surface area contributed by atoms with Crippen LogP contribution in [0.4, 0.5) is 0 Å². The summed E-state index contributed by atoms with van der Waals surface area (Å²) in [7, 11) is -18.5. The molecular formula is C35H38O14S4. The van der Waals surface area contributed by atoms with Crippen molar-refractivity contribution >= 4 is 40.5 Å². The van der Waals surface area contributed by atoms with Gasteiger partial charge in [-0.2, -0.15) is 33.7 Å². The van der Waals surface area contributed by atoms with Gasteiger partial charge in [0, 0.05) is 0 Å². The Labute approximate surface area is 310 Å². The second kappa shape index (κ2) is 16.4. The Morgan fingerprint density at radius 2 is 0.679 bits per heavy atom. The molecular weight excluding hydrogens is 773 g/mol. The van der Waals surface area contributed by atoms with Crippen LogP contribution in [0.2, 0.25) is 0 Å². The quantitative estimate of drug-likeness (QED) is 0.164. The average Bonchev–Trinajstić information content (AvgIpc) is 3.25. The predicted octanol–water partition coefficient (Wildman–Crippen LogP) is 4.32. The Bertz CT molecular complexity index is 2140. The van der Waals surface area contributed by atoms with Crippen LogP contribution in [0, 0.1) is 27.7 Å². The van der Waals surface area contributed by atoms with Crippen molar-refractivity contribution in [1.29, 1.82) is 0 Å². The fourth-order valence-corrected chi connectivity index (χ4v) is 9.07. The summed E-state index contributed by atoms with van der Waals surface area (Å²) in [5.74, 6) is 0. The van der Waals surface area contributed by atoms with Crippen LogP contribution in [0.5, 0.6) is 0 Å². The maximum Gasteiger partial charge on any atom is 0.297 e. The van der Waals surface area contributed by atoms with Gasteiger partial charge in [0.15, 0.2) is 0 Å². The highest BCUT2D eigenvalue weighted by Crippen LogP contribution is 2.30. The van der Waals surface area contributed by atoms with Gasteiger partial charge in [0.2, 0.25) is 0 Å².